The summed E-state index contributed by atoms with van der Waals surface area (Å²) in [5.74, 6) is 0.653. The molecule has 1 unspecified atom stereocenters. The van der Waals surface area contributed by atoms with E-state index in [1.807, 2.05) is 0 Å². The second-order valence-corrected chi connectivity index (χ2v) is 4.72. The number of ether oxygens (including phenoxy) is 1. The molecule has 0 aliphatic heterocycles. The molecular weight excluding hydrogens is 232 g/mol. The monoisotopic (exact) mass is 254 g/mol. The van der Waals surface area contributed by atoms with Crippen LogP contribution in [0, 0.1) is 0 Å². The molecule has 0 radical (unpaired) electrons. The van der Waals surface area contributed by atoms with Crippen LogP contribution in [0.3, 0.4) is 0 Å². The summed E-state index contributed by atoms with van der Waals surface area (Å²) in [7, 11) is 1.70. The molecule has 2 rings (SSSR count). The predicted octanol–water partition coefficient (Wildman–Crippen LogP) is 1.18. The van der Waals surface area contributed by atoms with Gasteiger partial charge in [-0.3, -0.25) is 0 Å². The number of nitrogens with one attached hydrogen (secondary N) is 1. The average molecular weight is 254 g/mol. The highest BCUT2D eigenvalue weighted by atomic mass is 16.5. The fraction of sp³-hybridized carbons (Fsp3) is 0.833. The Morgan fingerprint density at radius 3 is 2.89 bits per heavy atom. The molecule has 1 aliphatic carbocycles. The molecule has 1 N–H and O–H groups in total. The lowest BCUT2D eigenvalue weighted by molar-refractivity contribution is 0.180. The van der Waals surface area contributed by atoms with Crippen molar-refractivity contribution in [2.24, 2.45) is 0 Å². The zero-order chi connectivity index (χ0) is 13.0. The van der Waals surface area contributed by atoms with Crippen LogP contribution in [0.2, 0.25) is 0 Å². The smallest absolute Gasteiger partial charge is 0.318 e. The summed E-state index contributed by atoms with van der Waals surface area (Å²) in [5, 5.41) is 11.5. The number of nitrogens with zero attached hydrogens (tertiary/aromatic N) is 3. The van der Waals surface area contributed by atoms with Crippen molar-refractivity contribution in [2.45, 2.75) is 45.3 Å². The number of rotatable bonds is 8. The minimum absolute atomic E-state index is 0.227. The Morgan fingerprint density at radius 1 is 1.50 bits per heavy atom. The summed E-state index contributed by atoms with van der Waals surface area (Å²) in [6.45, 7) is 6.28. The zero-order valence-electron chi connectivity index (χ0n) is 11.3. The van der Waals surface area contributed by atoms with Gasteiger partial charge in [-0.25, -0.2) is 0 Å². The first-order valence-corrected chi connectivity index (χ1v) is 6.56. The van der Waals surface area contributed by atoms with E-state index in [0.29, 0.717) is 31.1 Å². The third-order valence-electron chi connectivity index (χ3n) is 3.10. The molecule has 6 heteroatoms. The van der Waals surface area contributed by atoms with E-state index in [9.17, 15) is 0 Å². The topological polar surface area (TPSA) is 63.4 Å². The Balaban J connectivity index is 1.92. The maximum Gasteiger partial charge on any atom is 0.318 e. The third-order valence-corrected chi connectivity index (χ3v) is 3.10. The van der Waals surface area contributed by atoms with E-state index in [0.717, 1.165) is 6.54 Å². The first-order valence-electron chi connectivity index (χ1n) is 6.56. The van der Waals surface area contributed by atoms with Crippen LogP contribution in [0.5, 0.6) is 0 Å². The second kappa shape index (κ2) is 6.15. The van der Waals surface area contributed by atoms with Gasteiger partial charge in [0.25, 0.3) is 0 Å². The lowest BCUT2D eigenvalue weighted by Gasteiger charge is -2.24. The van der Waals surface area contributed by atoms with Crippen LogP contribution in [0.25, 0.3) is 0 Å². The molecule has 1 fully saturated rings. The Kier molecular flexibility index (Phi) is 4.54. The van der Waals surface area contributed by atoms with Gasteiger partial charge >= 0.3 is 6.01 Å². The van der Waals surface area contributed by atoms with Gasteiger partial charge in [0.05, 0.1) is 19.2 Å². The van der Waals surface area contributed by atoms with Crippen molar-refractivity contribution in [2.75, 3.05) is 25.2 Å². The largest absolute Gasteiger partial charge is 0.407 e. The first kappa shape index (κ1) is 13.3. The van der Waals surface area contributed by atoms with Gasteiger partial charge in [0, 0.05) is 19.7 Å². The van der Waals surface area contributed by atoms with Crippen molar-refractivity contribution in [3.8, 4) is 0 Å². The van der Waals surface area contributed by atoms with Gasteiger partial charge in [-0.15, -0.1) is 5.10 Å². The maximum atomic E-state index is 5.67. The van der Waals surface area contributed by atoms with E-state index in [4.69, 9.17) is 9.15 Å². The average Bonchev–Trinajstić information content (AvgIpc) is 3.08. The van der Waals surface area contributed by atoms with Crippen LogP contribution in [0.15, 0.2) is 4.42 Å². The highest BCUT2D eigenvalue weighted by Gasteiger charge is 2.22. The Hall–Kier alpha value is -1.14. The van der Waals surface area contributed by atoms with E-state index in [1.165, 1.54) is 12.8 Å². The van der Waals surface area contributed by atoms with Crippen LogP contribution in [-0.4, -0.2) is 42.5 Å². The summed E-state index contributed by atoms with van der Waals surface area (Å²) < 4.78 is 10.8. The van der Waals surface area contributed by atoms with Gasteiger partial charge in [-0.05, 0) is 26.7 Å². The van der Waals surface area contributed by atoms with Gasteiger partial charge in [-0.2, -0.15) is 0 Å². The molecule has 0 saturated heterocycles. The summed E-state index contributed by atoms with van der Waals surface area (Å²) in [6, 6.07) is 1.45. The standard InChI is InChI=1S/C12H22N4O2/c1-4-16(9(2)8-17-3)12-15-14-11(18-12)7-13-10-5-6-10/h9-10,13H,4-8H2,1-3H3. The number of aromatic nitrogens is 2. The van der Waals surface area contributed by atoms with Gasteiger partial charge in [0.1, 0.15) is 0 Å². The zero-order valence-corrected chi connectivity index (χ0v) is 11.3. The van der Waals surface area contributed by atoms with Gasteiger partial charge in [-0.1, -0.05) is 5.10 Å². The highest BCUT2D eigenvalue weighted by molar-refractivity contribution is 5.25. The number of anilines is 1. The fourth-order valence-corrected chi connectivity index (χ4v) is 1.92. The molecule has 0 spiro atoms. The highest BCUT2D eigenvalue weighted by Crippen LogP contribution is 2.20. The van der Waals surface area contributed by atoms with Gasteiger partial charge < -0.3 is 19.4 Å². The summed E-state index contributed by atoms with van der Waals surface area (Å²) >= 11 is 0. The van der Waals surface area contributed by atoms with Crippen LogP contribution in [0.4, 0.5) is 6.01 Å². The molecule has 6 nitrogen and oxygen atoms in total. The van der Waals surface area contributed by atoms with Crippen molar-refractivity contribution in [1.29, 1.82) is 0 Å². The van der Waals surface area contributed by atoms with Crippen molar-refractivity contribution in [3.05, 3.63) is 5.89 Å². The molecular formula is C12H22N4O2. The molecule has 0 amide bonds. The minimum atomic E-state index is 0.227. The van der Waals surface area contributed by atoms with E-state index < -0.39 is 0 Å². The quantitative estimate of drug-likeness (QED) is 0.751. The first-order chi connectivity index (χ1) is 8.74. The molecule has 0 aromatic carbocycles. The van der Waals surface area contributed by atoms with E-state index in [1.54, 1.807) is 7.11 Å². The predicted molar refractivity (Wildman–Crippen MR) is 68.5 cm³/mol. The van der Waals surface area contributed by atoms with Crippen molar-refractivity contribution < 1.29 is 9.15 Å². The Morgan fingerprint density at radius 2 is 2.28 bits per heavy atom. The van der Waals surface area contributed by atoms with E-state index in [-0.39, 0.29) is 6.04 Å². The molecule has 1 aliphatic rings. The molecule has 18 heavy (non-hydrogen) atoms. The van der Waals surface area contributed by atoms with Crippen molar-refractivity contribution in [1.82, 2.24) is 15.5 Å². The van der Waals surface area contributed by atoms with Crippen molar-refractivity contribution in [3.63, 3.8) is 0 Å². The van der Waals surface area contributed by atoms with E-state index >= 15 is 0 Å². The van der Waals surface area contributed by atoms with Gasteiger partial charge in [0.2, 0.25) is 5.89 Å². The lowest BCUT2D eigenvalue weighted by Crippen LogP contribution is -2.36. The molecule has 1 aromatic rings. The SMILES string of the molecule is CCN(c1nnc(CNC2CC2)o1)C(C)COC. The molecule has 0 bridgehead atoms. The molecule has 102 valence electrons. The van der Waals surface area contributed by atoms with E-state index in [2.05, 4.69) is 34.3 Å². The Bertz CT molecular complexity index is 365. The molecule has 1 atom stereocenters. The second-order valence-electron chi connectivity index (χ2n) is 4.72. The maximum absolute atomic E-state index is 5.67. The van der Waals surface area contributed by atoms with Crippen LogP contribution >= 0.6 is 0 Å². The summed E-state index contributed by atoms with van der Waals surface area (Å²) in [4.78, 5) is 2.05. The van der Waals surface area contributed by atoms with Crippen LogP contribution in [-0.2, 0) is 11.3 Å². The number of methoxy groups -OCH3 is 1. The lowest BCUT2D eigenvalue weighted by atomic mass is 10.3. The summed E-state index contributed by atoms with van der Waals surface area (Å²) in [5.41, 5.74) is 0. The summed E-state index contributed by atoms with van der Waals surface area (Å²) in [6.07, 6.45) is 2.51. The van der Waals surface area contributed by atoms with Crippen LogP contribution < -0.4 is 10.2 Å². The van der Waals surface area contributed by atoms with Crippen molar-refractivity contribution >= 4 is 6.01 Å². The number of hydrogen-bond acceptors (Lipinski definition) is 6. The minimum Gasteiger partial charge on any atom is -0.407 e. The number of likely N-dealkylation sites (N-methyl/N-ethyl adjacent to an activating group) is 1. The fourth-order valence-electron chi connectivity index (χ4n) is 1.92. The molecule has 1 saturated carbocycles. The molecule has 1 heterocycles. The van der Waals surface area contributed by atoms with Crippen LogP contribution in [0.1, 0.15) is 32.6 Å². The van der Waals surface area contributed by atoms with Gasteiger partial charge in [0.15, 0.2) is 0 Å². The number of hydrogen-bond donors (Lipinski definition) is 1. The Labute approximate surface area is 108 Å². The normalized spacial score (nSPS) is 16.8. The molecule has 1 aromatic heterocycles. The third kappa shape index (κ3) is 3.43.